The van der Waals surface area contributed by atoms with Crippen molar-refractivity contribution in [3.05, 3.63) is 11.6 Å². The molecular weight excluding hydrogens is 256 g/mol. The number of amides is 2. The molecule has 0 radical (unpaired) electrons. The summed E-state index contributed by atoms with van der Waals surface area (Å²) in [6.07, 6.45) is 9.93. The molecular formula is C15H24N2O3. The molecule has 0 aromatic rings. The third-order valence-electron chi connectivity index (χ3n) is 3.84. The van der Waals surface area contributed by atoms with Gasteiger partial charge in [-0.3, -0.25) is 9.59 Å². The highest BCUT2D eigenvalue weighted by Crippen LogP contribution is 2.19. The Labute approximate surface area is 120 Å². The highest BCUT2D eigenvalue weighted by molar-refractivity contribution is 6.35. The van der Waals surface area contributed by atoms with Crippen molar-refractivity contribution < 1.29 is 14.3 Å². The Bertz CT molecular complexity index is 373. The standard InChI is InChI=1S/C15H24N2O3/c18-14(15(19)17-11-13-7-4-10-20-13)16-9-8-12-5-2-1-3-6-12/h5,13H,1-4,6-11H2,(H,16,18)(H,17,19). The molecule has 1 unspecified atom stereocenters. The molecule has 0 aromatic carbocycles. The first-order chi connectivity index (χ1) is 9.75. The minimum Gasteiger partial charge on any atom is -0.376 e. The minimum atomic E-state index is -0.557. The Morgan fingerprint density at radius 1 is 1.20 bits per heavy atom. The zero-order chi connectivity index (χ0) is 14.2. The summed E-state index contributed by atoms with van der Waals surface area (Å²) in [6, 6.07) is 0. The molecule has 5 nitrogen and oxygen atoms in total. The van der Waals surface area contributed by atoms with Crippen molar-refractivity contribution in [2.45, 2.75) is 51.0 Å². The maximum atomic E-state index is 11.6. The molecule has 0 saturated carbocycles. The van der Waals surface area contributed by atoms with E-state index < -0.39 is 11.8 Å². The van der Waals surface area contributed by atoms with E-state index in [1.807, 2.05) is 0 Å². The predicted octanol–water partition coefficient (Wildman–Crippen LogP) is 1.29. The van der Waals surface area contributed by atoms with Gasteiger partial charge in [0.25, 0.3) is 0 Å². The lowest BCUT2D eigenvalue weighted by Crippen LogP contribution is -2.42. The van der Waals surface area contributed by atoms with Gasteiger partial charge in [-0.15, -0.1) is 0 Å². The minimum absolute atomic E-state index is 0.0687. The monoisotopic (exact) mass is 280 g/mol. The molecule has 0 spiro atoms. The second-order valence-corrected chi connectivity index (χ2v) is 5.46. The number of allylic oxidation sites excluding steroid dienone is 1. The van der Waals surface area contributed by atoms with Crippen LogP contribution in [0.2, 0.25) is 0 Å². The van der Waals surface area contributed by atoms with Gasteiger partial charge in [0.2, 0.25) is 0 Å². The zero-order valence-electron chi connectivity index (χ0n) is 12.0. The third-order valence-corrected chi connectivity index (χ3v) is 3.84. The summed E-state index contributed by atoms with van der Waals surface area (Å²) in [4.78, 5) is 23.2. The lowest BCUT2D eigenvalue weighted by Gasteiger charge is -2.13. The fourth-order valence-electron chi connectivity index (χ4n) is 2.64. The molecule has 2 aliphatic rings. The van der Waals surface area contributed by atoms with Gasteiger partial charge in [0.15, 0.2) is 0 Å². The van der Waals surface area contributed by atoms with Gasteiger partial charge in [0.05, 0.1) is 6.10 Å². The van der Waals surface area contributed by atoms with Gasteiger partial charge in [0.1, 0.15) is 0 Å². The highest BCUT2D eigenvalue weighted by atomic mass is 16.5. The van der Waals surface area contributed by atoms with E-state index in [1.54, 1.807) is 0 Å². The molecule has 2 N–H and O–H groups in total. The number of hydrogen-bond acceptors (Lipinski definition) is 3. The average molecular weight is 280 g/mol. The van der Waals surface area contributed by atoms with Crippen molar-refractivity contribution in [2.24, 2.45) is 0 Å². The third kappa shape index (κ3) is 4.96. The van der Waals surface area contributed by atoms with Crippen LogP contribution < -0.4 is 10.6 Å². The normalized spacial score (nSPS) is 22.2. The molecule has 1 heterocycles. The zero-order valence-corrected chi connectivity index (χ0v) is 12.0. The van der Waals surface area contributed by atoms with Crippen LogP contribution in [-0.4, -0.2) is 37.6 Å². The van der Waals surface area contributed by atoms with Crippen LogP contribution in [-0.2, 0) is 14.3 Å². The van der Waals surface area contributed by atoms with Crippen LogP contribution in [0.1, 0.15) is 44.9 Å². The topological polar surface area (TPSA) is 67.4 Å². The van der Waals surface area contributed by atoms with Gasteiger partial charge in [-0.25, -0.2) is 0 Å². The molecule has 5 heteroatoms. The molecule has 2 amide bonds. The van der Waals surface area contributed by atoms with Gasteiger partial charge >= 0.3 is 11.8 Å². The molecule has 20 heavy (non-hydrogen) atoms. The summed E-state index contributed by atoms with van der Waals surface area (Å²) in [6.45, 7) is 1.72. The predicted molar refractivity (Wildman–Crippen MR) is 76.2 cm³/mol. The van der Waals surface area contributed by atoms with E-state index in [0.29, 0.717) is 13.1 Å². The SMILES string of the molecule is O=C(NCCC1=CCCCC1)C(=O)NCC1CCCO1. The van der Waals surface area contributed by atoms with Gasteiger partial charge < -0.3 is 15.4 Å². The van der Waals surface area contributed by atoms with E-state index in [1.165, 1.54) is 18.4 Å². The molecule has 0 aromatic heterocycles. The number of hydrogen-bond donors (Lipinski definition) is 2. The van der Waals surface area contributed by atoms with E-state index >= 15 is 0 Å². The lowest BCUT2D eigenvalue weighted by atomic mass is 9.97. The molecule has 1 aliphatic carbocycles. The van der Waals surface area contributed by atoms with Crippen molar-refractivity contribution in [2.75, 3.05) is 19.7 Å². The molecule has 1 atom stereocenters. The van der Waals surface area contributed by atoms with Crippen molar-refractivity contribution in [1.82, 2.24) is 10.6 Å². The quantitative estimate of drug-likeness (QED) is 0.589. The van der Waals surface area contributed by atoms with Crippen molar-refractivity contribution in [1.29, 1.82) is 0 Å². The largest absolute Gasteiger partial charge is 0.376 e. The summed E-state index contributed by atoms with van der Waals surface area (Å²) >= 11 is 0. The average Bonchev–Trinajstić information content (AvgIpc) is 2.99. The highest BCUT2D eigenvalue weighted by Gasteiger charge is 2.19. The second kappa shape index (κ2) is 8.04. The summed E-state index contributed by atoms with van der Waals surface area (Å²) in [7, 11) is 0. The Hall–Kier alpha value is -1.36. The van der Waals surface area contributed by atoms with Crippen LogP contribution in [0.15, 0.2) is 11.6 Å². The number of rotatable bonds is 5. The Balaban J connectivity index is 1.58. The second-order valence-electron chi connectivity index (χ2n) is 5.46. The van der Waals surface area contributed by atoms with Gasteiger partial charge in [0, 0.05) is 19.7 Å². The Kier molecular flexibility index (Phi) is 6.05. The van der Waals surface area contributed by atoms with Crippen molar-refractivity contribution in [3.63, 3.8) is 0 Å². The van der Waals surface area contributed by atoms with Gasteiger partial charge in [-0.05, 0) is 44.9 Å². The number of nitrogens with one attached hydrogen (secondary N) is 2. The molecule has 1 saturated heterocycles. The first kappa shape index (κ1) is 15.0. The summed E-state index contributed by atoms with van der Waals surface area (Å²) in [5.41, 5.74) is 1.40. The van der Waals surface area contributed by atoms with Crippen LogP contribution in [0.3, 0.4) is 0 Å². The van der Waals surface area contributed by atoms with E-state index in [-0.39, 0.29) is 6.10 Å². The van der Waals surface area contributed by atoms with E-state index in [4.69, 9.17) is 4.74 Å². The van der Waals surface area contributed by atoms with Crippen molar-refractivity contribution >= 4 is 11.8 Å². The fourth-order valence-corrected chi connectivity index (χ4v) is 2.64. The maximum absolute atomic E-state index is 11.6. The molecule has 0 bridgehead atoms. The van der Waals surface area contributed by atoms with E-state index in [0.717, 1.165) is 38.7 Å². The number of ether oxygens (including phenoxy) is 1. The van der Waals surface area contributed by atoms with Crippen LogP contribution in [0.25, 0.3) is 0 Å². The lowest BCUT2D eigenvalue weighted by molar-refractivity contribution is -0.139. The van der Waals surface area contributed by atoms with Crippen LogP contribution in [0.4, 0.5) is 0 Å². The molecule has 2 rings (SSSR count). The number of carbonyl (C=O) groups is 2. The smallest absolute Gasteiger partial charge is 0.309 e. The van der Waals surface area contributed by atoms with E-state index in [9.17, 15) is 9.59 Å². The molecule has 112 valence electrons. The fraction of sp³-hybridized carbons (Fsp3) is 0.733. The van der Waals surface area contributed by atoms with Gasteiger partial charge in [-0.1, -0.05) is 11.6 Å². The van der Waals surface area contributed by atoms with E-state index in [2.05, 4.69) is 16.7 Å². The van der Waals surface area contributed by atoms with Crippen LogP contribution in [0.5, 0.6) is 0 Å². The Morgan fingerprint density at radius 2 is 2.05 bits per heavy atom. The molecule has 1 fully saturated rings. The Morgan fingerprint density at radius 3 is 2.75 bits per heavy atom. The summed E-state index contributed by atoms with van der Waals surface area (Å²) in [5, 5.41) is 5.29. The molecule has 1 aliphatic heterocycles. The van der Waals surface area contributed by atoms with Crippen LogP contribution in [0, 0.1) is 0 Å². The van der Waals surface area contributed by atoms with Gasteiger partial charge in [-0.2, -0.15) is 0 Å². The first-order valence-corrected chi connectivity index (χ1v) is 7.61. The first-order valence-electron chi connectivity index (χ1n) is 7.61. The summed E-state index contributed by atoms with van der Waals surface area (Å²) in [5.74, 6) is -1.10. The van der Waals surface area contributed by atoms with Crippen molar-refractivity contribution in [3.8, 4) is 0 Å². The maximum Gasteiger partial charge on any atom is 0.309 e. The van der Waals surface area contributed by atoms with Crippen LogP contribution >= 0.6 is 0 Å². The number of carbonyl (C=O) groups excluding carboxylic acids is 2. The summed E-state index contributed by atoms with van der Waals surface area (Å²) < 4.78 is 5.39.